The van der Waals surface area contributed by atoms with E-state index in [4.69, 9.17) is 0 Å². The van der Waals surface area contributed by atoms with Gasteiger partial charge in [-0.1, -0.05) is 20.1 Å². The number of rotatable bonds is 6. The van der Waals surface area contributed by atoms with Crippen molar-refractivity contribution in [2.24, 2.45) is 0 Å². The van der Waals surface area contributed by atoms with Crippen LogP contribution in [0.2, 0.25) is 0 Å². The molecule has 0 fully saturated rings. The van der Waals surface area contributed by atoms with Gasteiger partial charge in [-0.25, -0.2) is 0 Å². The van der Waals surface area contributed by atoms with E-state index in [9.17, 15) is 0 Å². The zero-order valence-electron chi connectivity index (χ0n) is 8.48. The van der Waals surface area contributed by atoms with Gasteiger partial charge in [-0.05, 0) is 20.4 Å². The third-order valence-corrected chi connectivity index (χ3v) is 1.68. The van der Waals surface area contributed by atoms with Crippen molar-refractivity contribution < 1.29 is 0 Å². The Hall–Kier alpha value is -0.760. The van der Waals surface area contributed by atoms with Crippen molar-refractivity contribution >= 4 is 0 Å². The fourth-order valence-electron chi connectivity index (χ4n) is 1.08. The molecule has 0 aromatic carbocycles. The van der Waals surface area contributed by atoms with E-state index in [1.165, 1.54) is 0 Å². The molecule has 0 radical (unpaired) electrons. The molecule has 0 rings (SSSR count). The van der Waals surface area contributed by atoms with Crippen molar-refractivity contribution in [3.8, 4) is 0 Å². The van der Waals surface area contributed by atoms with Gasteiger partial charge in [0.1, 0.15) is 0 Å². The predicted molar refractivity (Wildman–Crippen MR) is 54.9 cm³/mol. The van der Waals surface area contributed by atoms with Crippen LogP contribution in [0.3, 0.4) is 0 Å². The van der Waals surface area contributed by atoms with Gasteiger partial charge < -0.3 is 10.2 Å². The first-order valence-electron chi connectivity index (χ1n) is 4.38. The zero-order chi connectivity index (χ0) is 9.56. The summed E-state index contributed by atoms with van der Waals surface area (Å²) in [7, 11) is 0. The Morgan fingerprint density at radius 3 is 2.08 bits per heavy atom. The number of hydrogen-bond acceptors (Lipinski definition) is 2. The average molecular weight is 168 g/mol. The number of allylic oxidation sites excluding steroid dienone is 2. The van der Waals surface area contributed by atoms with E-state index in [1.807, 2.05) is 13.8 Å². The monoisotopic (exact) mass is 168 g/mol. The normalized spacial score (nSPS) is 9.58. The topological polar surface area (TPSA) is 15.3 Å². The minimum atomic E-state index is 0.957. The lowest BCUT2D eigenvalue weighted by molar-refractivity contribution is 0.423. The van der Waals surface area contributed by atoms with Crippen LogP contribution in [0.4, 0.5) is 0 Å². The standard InChI is InChI=1S/C10H20N2/c1-6-11-7-8-12(9(2)3)10(4)5/h11H,2,4,6-8H2,1,3,5H3. The van der Waals surface area contributed by atoms with Crippen LogP contribution in [0.25, 0.3) is 0 Å². The number of nitrogens with zero attached hydrogens (tertiary/aromatic N) is 1. The molecule has 2 nitrogen and oxygen atoms in total. The molecule has 0 saturated heterocycles. The summed E-state index contributed by atoms with van der Waals surface area (Å²) in [6.07, 6.45) is 0. The van der Waals surface area contributed by atoms with Gasteiger partial charge in [-0.2, -0.15) is 0 Å². The summed E-state index contributed by atoms with van der Waals surface area (Å²) in [6, 6.07) is 0. The molecule has 0 aliphatic rings. The van der Waals surface area contributed by atoms with Crippen molar-refractivity contribution in [3.63, 3.8) is 0 Å². The smallest absolute Gasteiger partial charge is 0.0349 e. The maximum Gasteiger partial charge on any atom is 0.0349 e. The molecule has 0 aromatic rings. The van der Waals surface area contributed by atoms with E-state index in [1.54, 1.807) is 0 Å². The van der Waals surface area contributed by atoms with Gasteiger partial charge in [0.2, 0.25) is 0 Å². The fraction of sp³-hybridized carbons (Fsp3) is 0.600. The lowest BCUT2D eigenvalue weighted by Gasteiger charge is -2.24. The van der Waals surface area contributed by atoms with Crippen LogP contribution < -0.4 is 5.32 Å². The Bertz CT molecular complexity index is 147. The van der Waals surface area contributed by atoms with Gasteiger partial charge in [0.05, 0.1) is 0 Å². The number of likely N-dealkylation sites (N-methyl/N-ethyl adjacent to an activating group) is 1. The number of hydrogen-bond donors (Lipinski definition) is 1. The van der Waals surface area contributed by atoms with Crippen LogP contribution in [0, 0.1) is 0 Å². The third-order valence-electron chi connectivity index (χ3n) is 1.68. The second kappa shape index (κ2) is 5.84. The summed E-state index contributed by atoms with van der Waals surface area (Å²) < 4.78 is 0. The van der Waals surface area contributed by atoms with E-state index in [2.05, 4.69) is 30.3 Å². The Kier molecular flexibility index (Phi) is 5.47. The maximum absolute atomic E-state index is 3.89. The highest BCUT2D eigenvalue weighted by molar-refractivity contribution is 5.02. The highest BCUT2D eigenvalue weighted by Gasteiger charge is 2.02. The Morgan fingerprint density at radius 2 is 1.75 bits per heavy atom. The Labute approximate surface area is 76.0 Å². The quantitative estimate of drug-likeness (QED) is 0.610. The summed E-state index contributed by atoms with van der Waals surface area (Å²) in [4.78, 5) is 2.11. The van der Waals surface area contributed by atoms with Crippen LogP contribution in [-0.2, 0) is 0 Å². The molecular weight excluding hydrogens is 148 g/mol. The van der Waals surface area contributed by atoms with E-state index in [0.717, 1.165) is 31.0 Å². The molecule has 70 valence electrons. The van der Waals surface area contributed by atoms with E-state index < -0.39 is 0 Å². The van der Waals surface area contributed by atoms with Crippen LogP contribution >= 0.6 is 0 Å². The van der Waals surface area contributed by atoms with E-state index in [0.29, 0.717) is 0 Å². The number of nitrogens with one attached hydrogen (secondary N) is 1. The highest BCUT2D eigenvalue weighted by Crippen LogP contribution is 2.06. The molecule has 0 spiro atoms. The van der Waals surface area contributed by atoms with Crippen LogP contribution in [-0.4, -0.2) is 24.5 Å². The molecule has 0 amide bonds. The van der Waals surface area contributed by atoms with Gasteiger partial charge in [0.25, 0.3) is 0 Å². The summed E-state index contributed by atoms with van der Waals surface area (Å²) in [5, 5.41) is 3.26. The first-order chi connectivity index (χ1) is 5.59. The van der Waals surface area contributed by atoms with Gasteiger partial charge in [-0.3, -0.25) is 0 Å². The van der Waals surface area contributed by atoms with Crippen molar-refractivity contribution in [1.82, 2.24) is 10.2 Å². The van der Waals surface area contributed by atoms with Crippen molar-refractivity contribution in [2.45, 2.75) is 20.8 Å². The second-order valence-corrected chi connectivity index (χ2v) is 2.98. The molecule has 0 saturated carbocycles. The van der Waals surface area contributed by atoms with Gasteiger partial charge in [0, 0.05) is 24.5 Å². The van der Waals surface area contributed by atoms with Gasteiger partial charge >= 0.3 is 0 Å². The molecule has 0 aromatic heterocycles. The Morgan fingerprint density at radius 1 is 1.25 bits per heavy atom. The molecule has 1 N–H and O–H groups in total. The Balaban J connectivity index is 3.80. The summed E-state index contributed by atoms with van der Waals surface area (Å²) in [6.45, 7) is 16.8. The molecule has 0 heterocycles. The lowest BCUT2D eigenvalue weighted by Crippen LogP contribution is -2.29. The SMILES string of the molecule is C=C(C)N(CCNCC)C(=C)C. The first kappa shape index (κ1) is 11.2. The molecule has 0 atom stereocenters. The summed E-state index contributed by atoms with van der Waals surface area (Å²) in [5.41, 5.74) is 2.11. The van der Waals surface area contributed by atoms with Crippen LogP contribution in [0.1, 0.15) is 20.8 Å². The van der Waals surface area contributed by atoms with Gasteiger partial charge in [-0.15, -0.1) is 0 Å². The van der Waals surface area contributed by atoms with Crippen molar-refractivity contribution in [3.05, 3.63) is 24.6 Å². The second-order valence-electron chi connectivity index (χ2n) is 2.98. The fourth-order valence-corrected chi connectivity index (χ4v) is 1.08. The highest BCUT2D eigenvalue weighted by atomic mass is 15.1. The predicted octanol–water partition coefficient (Wildman–Crippen LogP) is 1.97. The molecule has 0 bridgehead atoms. The molecule has 12 heavy (non-hydrogen) atoms. The third kappa shape index (κ3) is 4.19. The van der Waals surface area contributed by atoms with Crippen molar-refractivity contribution in [2.75, 3.05) is 19.6 Å². The van der Waals surface area contributed by atoms with Crippen LogP contribution in [0.5, 0.6) is 0 Å². The van der Waals surface area contributed by atoms with E-state index in [-0.39, 0.29) is 0 Å². The molecule has 0 aliphatic carbocycles. The zero-order valence-corrected chi connectivity index (χ0v) is 8.48. The minimum Gasteiger partial charge on any atom is -0.349 e. The first-order valence-corrected chi connectivity index (χ1v) is 4.38. The van der Waals surface area contributed by atoms with E-state index >= 15 is 0 Å². The molecule has 0 aliphatic heterocycles. The maximum atomic E-state index is 3.89. The summed E-state index contributed by atoms with van der Waals surface area (Å²) >= 11 is 0. The van der Waals surface area contributed by atoms with Gasteiger partial charge in [0.15, 0.2) is 0 Å². The molecule has 2 heteroatoms. The largest absolute Gasteiger partial charge is 0.349 e. The molecular formula is C10H20N2. The lowest BCUT2D eigenvalue weighted by atomic mass is 10.3. The van der Waals surface area contributed by atoms with Crippen molar-refractivity contribution in [1.29, 1.82) is 0 Å². The minimum absolute atomic E-state index is 0.957. The molecule has 0 unspecified atom stereocenters. The van der Waals surface area contributed by atoms with Crippen LogP contribution in [0.15, 0.2) is 24.6 Å². The average Bonchev–Trinajstić information content (AvgIpc) is 1.96. The summed E-state index contributed by atoms with van der Waals surface area (Å²) in [5.74, 6) is 0.